The minimum absolute atomic E-state index is 0.0932. The van der Waals surface area contributed by atoms with E-state index in [0.29, 0.717) is 6.42 Å². The maximum atomic E-state index is 8.72. The predicted molar refractivity (Wildman–Crippen MR) is 54.2 cm³/mol. The minimum atomic E-state index is -0.0932. The summed E-state index contributed by atoms with van der Waals surface area (Å²) in [6, 6.07) is 5.63. The number of rotatable bonds is 3. The number of nitrogens with two attached hydrogens (primary N) is 2. The Bertz CT molecular complexity index is 286. The Labute approximate surface area is 78.4 Å². The average molecular weight is 180 g/mol. The van der Waals surface area contributed by atoms with Gasteiger partial charge in [-0.25, -0.2) is 0 Å². The lowest BCUT2D eigenvalue weighted by molar-refractivity contribution is 0.276. The summed E-state index contributed by atoms with van der Waals surface area (Å²) in [6.07, 6.45) is 0.587. The number of benzene rings is 1. The van der Waals surface area contributed by atoms with Crippen LogP contribution < -0.4 is 11.5 Å². The molecule has 0 unspecified atom stereocenters. The maximum Gasteiger partial charge on any atom is 0.0449 e. The summed E-state index contributed by atoms with van der Waals surface area (Å²) in [5.74, 6) is 0. The van der Waals surface area contributed by atoms with Crippen LogP contribution in [0, 0.1) is 6.92 Å². The molecule has 3 heteroatoms. The first-order valence-corrected chi connectivity index (χ1v) is 4.37. The molecule has 72 valence electrons. The molecule has 0 aliphatic carbocycles. The molecule has 0 aromatic heterocycles. The highest BCUT2D eigenvalue weighted by molar-refractivity contribution is 5.48. The number of aliphatic hydroxyl groups is 1. The van der Waals surface area contributed by atoms with Crippen LogP contribution in [0.15, 0.2) is 18.2 Å². The fraction of sp³-hybridized carbons (Fsp3) is 0.400. The minimum Gasteiger partial charge on any atom is -0.399 e. The molecule has 3 nitrogen and oxygen atoms in total. The monoisotopic (exact) mass is 180 g/mol. The topological polar surface area (TPSA) is 72.3 Å². The molecule has 0 radical (unpaired) electrons. The van der Waals surface area contributed by atoms with Crippen LogP contribution in [0.4, 0.5) is 5.69 Å². The number of aliphatic hydroxyl groups excluding tert-OH is 1. The summed E-state index contributed by atoms with van der Waals surface area (Å²) < 4.78 is 0. The molecule has 1 rings (SSSR count). The molecular formula is C10H16N2O. The van der Waals surface area contributed by atoms with Gasteiger partial charge in [0.2, 0.25) is 0 Å². The van der Waals surface area contributed by atoms with Crippen LogP contribution in [0.3, 0.4) is 0 Å². The van der Waals surface area contributed by atoms with Gasteiger partial charge < -0.3 is 16.6 Å². The zero-order valence-electron chi connectivity index (χ0n) is 7.83. The molecular weight excluding hydrogens is 164 g/mol. The second kappa shape index (κ2) is 4.25. The number of aryl methyl sites for hydroxylation is 1. The van der Waals surface area contributed by atoms with Crippen molar-refractivity contribution >= 4 is 5.69 Å². The molecule has 0 aliphatic rings. The highest BCUT2D eigenvalue weighted by atomic mass is 16.3. The summed E-state index contributed by atoms with van der Waals surface area (Å²) in [6.45, 7) is 2.06. The van der Waals surface area contributed by atoms with E-state index < -0.39 is 0 Å². The van der Waals surface area contributed by atoms with Crippen molar-refractivity contribution < 1.29 is 5.11 Å². The van der Waals surface area contributed by atoms with Gasteiger partial charge in [-0.3, -0.25) is 0 Å². The van der Waals surface area contributed by atoms with Crippen LogP contribution in [-0.4, -0.2) is 11.7 Å². The molecule has 0 spiro atoms. The third-order valence-electron chi connectivity index (χ3n) is 2.16. The van der Waals surface area contributed by atoms with Gasteiger partial charge >= 0.3 is 0 Å². The van der Waals surface area contributed by atoms with E-state index in [4.69, 9.17) is 16.6 Å². The van der Waals surface area contributed by atoms with Gasteiger partial charge in [-0.15, -0.1) is 0 Å². The third kappa shape index (κ3) is 2.44. The molecule has 1 aromatic carbocycles. The fourth-order valence-corrected chi connectivity index (χ4v) is 1.24. The van der Waals surface area contributed by atoms with E-state index in [0.717, 1.165) is 16.8 Å². The Hall–Kier alpha value is -1.06. The van der Waals surface area contributed by atoms with E-state index in [1.54, 1.807) is 0 Å². The Morgan fingerprint density at radius 1 is 1.46 bits per heavy atom. The second-order valence-electron chi connectivity index (χ2n) is 3.23. The van der Waals surface area contributed by atoms with E-state index in [1.165, 1.54) is 0 Å². The van der Waals surface area contributed by atoms with Crippen molar-refractivity contribution in [3.63, 3.8) is 0 Å². The maximum absolute atomic E-state index is 8.72. The molecule has 0 fully saturated rings. The average Bonchev–Trinajstić information content (AvgIpc) is 2.10. The number of nitrogen functional groups attached to an aromatic ring is 1. The van der Waals surface area contributed by atoms with Crippen LogP contribution in [0.5, 0.6) is 0 Å². The molecule has 1 atom stereocenters. The van der Waals surface area contributed by atoms with Gasteiger partial charge in [0.15, 0.2) is 0 Å². The normalized spacial score (nSPS) is 12.8. The summed E-state index contributed by atoms with van der Waals surface area (Å²) in [7, 11) is 0. The molecule has 0 bridgehead atoms. The van der Waals surface area contributed by atoms with E-state index in [-0.39, 0.29) is 12.6 Å². The van der Waals surface area contributed by atoms with Gasteiger partial charge in [0.1, 0.15) is 0 Å². The molecule has 0 amide bonds. The number of hydrogen-bond acceptors (Lipinski definition) is 3. The quantitative estimate of drug-likeness (QED) is 0.607. The Morgan fingerprint density at radius 2 is 2.15 bits per heavy atom. The van der Waals surface area contributed by atoms with Crippen molar-refractivity contribution in [1.82, 2.24) is 0 Å². The van der Waals surface area contributed by atoms with Crippen LogP contribution in [0.1, 0.15) is 23.6 Å². The smallest absolute Gasteiger partial charge is 0.0449 e. The Balaban J connectivity index is 2.84. The van der Waals surface area contributed by atoms with Gasteiger partial charge in [0, 0.05) is 18.3 Å². The summed E-state index contributed by atoms with van der Waals surface area (Å²) in [5.41, 5.74) is 14.3. The van der Waals surface area contributed by atoms with Gasteiger partial charge in [0.25, 0.3) is 0 Å². The highest BCUT2D eigenvalue weighted by Gasteiger charge is 2.05. The lowest BCUT2D eigenvalue weighted by Crippen LogP contribution is -2.12. The number of hydrogen-bond donors (Lipinski definition) is 3. The summed E-state index contributed by atoms with van der Waals surface area (Å²) >= 11 is 0. The van der Waals surface area contributed by atoms with Crippen LogP contribution in [-0.2, 0) is 0 Å². The lowest BCUT2D eigenvalue weighted by atomic mass is 10.0. The van der Waals surface area contributed by atoms with E-state index in [1.807, 2.05) is 25.1 Å². The third-order valence-corrected chi connectivity index (χ3v) is 2.16. The zero-order valence-corrected chi connectivity index (χ0v) is 7.83. The zero-order chi connectivity index (χ0) is 9.84. The number of anilines is 1. The molecule has 0 aliphatic heterocycles. The molecule has 0 saturated carbocycles. The summed E-state index contributed by atoms with van der Waals surface area (Å²) in [4.78, 5) is 0. The van der Waals surface area contributed by atoms with Crippen molar-refractivity contribution in [3.05, 3.63) is 29.3 Å². The molecule has 1 aromatic rings. The van der Waals surface area contributed by atoms with Gasteiger partial charge in [-0.2, -0.15) is 0 Å². The Kier molecular flexibility index (Phi) is 3.28. The summed E-state index contributed by atoms with van der Waals surface area (Å²) in [5, 5.41) is 8.72. The first kappa shape index (κ1) is 10.0. The van der Waals surface area contributed by atoms with E-state index in [9.17, 15) is 0 Å². The van der Waals surface area contributed by atoms with Crippen molar-refractivity contribution in [1.29, 1.82) is 0 Å². The fourth-order valence-electron chi connectivity index (χ4n) is 1.24. The van der Waals surface area contributed by atoms with Gasteiger partial charge in [-0.1, -0.05) is 12.1 Å². The van der Waals surface area contributed by atoms with Crippen molar-refractivity contribution in [2.75, 3.05) is 12.3 Å². The van der Waals surface area contributed by atoms with Crippen LogP contribution in [0.2, 0.25) is 0 Å². The molecule has 0 heterocycles. The van der Waals surface area contributed by atoms with E-state index >= 15 is 0 Å². The second-order valence-corrected chi connectivity index (χ2v) is 3.23. The van der Waals surface area contributed by atoms with Crippen molar-refractivity contribution in [2.45, 2.75) is 19.4 Å². The SMILES string of the molecule is Cc1cc([C@@H](N)CCO)ccc1N. The van der Waals surface area contributed by atoms with Crippen LogP contribution in [0.25, 0.3) is 0 Å². The first-order chi connectivity index (χ1) is 6.15. The lowest BCUT2D eigenvalue weighted by Gasteiger charge is -2.11. The molecule has 0 saturated heterocycles. The first-order valence-electron chi connectivity index (χ1n) is 4.37. The largest absolute Gasteiger partial charge is 0.399 e. The Morgan fingerprint density at radius 3 is 2.69 bits per heavy atom. The van der Waals surface area contributed by atoms with Gasteiger partial charge in [0.05, 0.1) is 0 Å². The van der Waals surface area contributed by atoms with Gasteiger partial charge in [-0.05, 0) is 30.5 Å². The molecule has 5 N–H and O–H groups in total. The van der Waals surface area contributed by atoms with E-state index in [2.05, 4.69) is 0 Å². The predicted octanol–water partition coefficient (Wildman–Crippen LogP) is 0.959. The van der Waals surface area contributed by atoms with Crippen molar-refractivity contribution in [3.8, 4) is 0 Å². The van der Waals surface area contributed by atoms with Crippen molar-refractivity contribution in [2.24, 2.45) is 5.73 Å². The van der Waals surface area contributed by atoms with Crippen LogP contribution >= 0.6 is 0 Å². The standard InChI is InChI=1S/C10H16N2O/c1-7-6-8(2-3-9(7)11)10(12)4-5-13/h2-3,6,10,13H,4-5,11-12H2,1H3/t10-/m0/s1. The molecule has 13 heavy (non-hydrogen) atoms. The highest BCUT2D eigenvalue weighted by Crippen LogP contribution is 2.18.